The van der Waals surface area contributed by atoms with Crippen molar-refractivity contribution in [3.05, 3.63) is 54.6 Å². The number of rotatable bonds is 6. The van der Waals surface area contributed by atoms with E-state index in [0.29, 0.717) is 25.4 Å². The van der Waals surface area contributed by atoms with E-state index in [9.17, 15) is 14.4 Å². The number of nitrogens with one attached hydrogen (secondary N) is 1. The van der Waals surface area contributed by atoms with Crippen LogP contribution in [0, 0.1) is 0 Å². The van der Waals surface area contributed by atoms with Crippen molar-refractivity contribution in [2.75, 3.05) is 36.5 Å². The van der Waals surface area contributed by atoms with Crippen molar-refractivity contribution in [2.24, 2.45) is 5.11 Å². The monoisotopic (exact) mass is 408 g/mol. The summed E-state index contributed by atoms with van der Waals surface area (Å²) in [6, 6.07) is 16.4. The number of ether oxygens (including phenoxy) is 1. The van der Waals surface area contributed by atoms with Gasteiger partial charge in [-0.25, -0.2) is 4.79 Å². The van der Waals surface area contributed by atoms with Gasteiger partial charge in [-0.2, -0.15) is 0 Å². The van der Waals surface area contributed by atoms with E-state index in [1.165, 1.54) is 4.90 Å². The number of azo groups is 2. The van der Waals surface area contributed by atoms with E-state index >= 15 is 0 Å². The zero-order valence-corrected chi connectivity index (χ0v) is 16.5. The molecule has 2 heterocycles. The van der Waals surface area contributed by atoms with Crippen LogP contribution in [-0.4, -0.2) is 59.8 Å². The molecule has 2 aromatic rings. The Balaban J connectivity index is 1.53. The number of fused-ring (bicyclic) bond motifs is 1. The quantitative estimate of drug-likeness (QED) is 0.580. The molecule has 2 aliphatic rings. The van der Waals surface area contributed by atoms with Gasteiger partial charge in [0.1, 0.15) is 5.75 Å². The third-order valence-corrected chi connectivity index (χ3v) is 4.89. The molecular weight excluding hydrogens is 386 g/mol. The summed E-state index contributed by atoms with van der Waals surface area (Å²) in [5.74, 6) is -1.13. The number of benzene rings is 2. The number of nitrogens with zero attached hydrogens (tertiary/aromatic N) is 4. The average Bonchev–Trinajstić information content (AvgIpc) is 3.17. The van der Waals surface area contributed by atoms with Gasteiger partial charge in [0.25, 0.3) is 18.7 Å². The molecule has 1 atom stereocenters. The third-order valence-electron chi connectivity index (χ3n) is 4.89. The first kappa shape index (κ1) is 19.6. The van der Waals surface area contributed by atoms with Crippen LogP contribution >= 0.6 is 0 Å². The largest absolute Gasteiger partial charge is 0.502 e. The Morgan fingerprint density at radius 2 is 1.80 bits per heavy atom. The fourth-order valence-electron chi connectivity index (χ4n) is 3.49. The Kier molecular flexibility index (Phi) is 5.42. The number of carbonyl (C=O) groups is 3. The van der Waals surface area contributed by atoms with E-state index < -0.39 is 24.0 Å². The molecule has 9 nitrogen and oxygen atoms in total. The number of para-hydroxylation sites is 1. The lowest BCUT2D eigenvalue weighted by Crippen LogP contribution is -2.52. The highest BCUT2D eigenvalue weighted by molar-refractivity contribution is 6.32. The summed E-state index contributed by atoms with van der Waals surface area (Å²) in [5.41, 5.74) is 1.46. The Morgan fingerprint density at radius 1 is 1.10 bits per heavy atom. The molecule has 0 aromatic heterocycles. The van der Waals surface area contributed by atoms with Crippen LogP contribution in [0.25, 0.3) is 0 Å². The Bertz CT molecular complexity index is 990. The summed E-state index contributed by atoms with van der Waals surface area (Å²) in [4.78, 5) is 40.7. The molecule has 0 radical (unpaired) electrons. The van der Waals surface area contributed by atoms with Crippen molar-refractivity contribution in [3.63, 3.8) is 0 Å². The normalized spacial score (nSPS) is 18.2. The van der Waals surface area contributed by atoms with E-state index in [0.717, 1.165) is 16.1 Å². The predicted octanol–water partition coefficient (Wildman–Crippen LogP) is 1.66. The summed E-state index contributed by atoms with van der Waals surface area (Å²) in [6.07, 6.45) is -0.669. The number of hydrogen-bond donors (Lipinski definition) is 1. The van der Waals surface area contributed by atoms with Crippen LogP contribution in [0.3, 0.4) is 0 Å². The number of amides is 3. The second-order valence-electron chi connectivity index (χ2n) is 6.86. The Labute approximate surface area is 173 Å². The average molecular weight is 408 g/mol. The Hall–Kier alpha value is -3.75. The first-order valence-electron chi connectivity index (χ1n) is 9.74. The van der Waals surface area contributed by atoms with Crippen LogP contribution in [0.1, 0.15) is 6.92 Å². The molecule has 2 aromatic carbocycles. The molecule has 154 valence electrons. The molecule has 1 N–H and O–H groups in total. The molecule has 9 heteroatoms. The molecule has 3 amide bonds. The summed E-state index contributed by atoms with van der Waals surface area (Å²) >= 11 is 0. The molecule has 0 bridgehead atoms. The summed E-state index contributed by atoms with van der Waals surface area (Å²) in [7, 11) is 0. The van der Waals surface area contributed by atoms with Crippen molar-refractivity contribution >= 4 is 29.1 Å². The van der Waals surface area contributed by atoms with Gasteiger partial charge in [0.15, 0.2) is 0 Å². The molecular formula is C21H22N5O4+. The summed E-state index contributed by atoms with van der Waals surface area (Å²) in [6.45, 7) is 3.08. The second kappa shape index (κ2) is 8.32. The lowest BCUT2D eigenvalue weighted by atomic mass is 10.3. The predicted molar refractivity (Wildman–Crippen MR) is 108 cm³/mol. The smallest absolute Gasteiger partial charge is 0.494 e. The third kappa shape index (κ3) is 3.86. The van der Waals surface area contributed by atoms with Gasteiger partial charge in [-0.3, -0.25) is 14.5 Å². The van der Waals surface area contributed by atoms with Crippen LogP contribution in [0.15, 0.2) is 59.7 Å². The van der Waals surface area contributed by atoms with E-state index in [1.54, 1.807) is 24.3 Å². The fourth-order valence-corrected chi connectivity index (χ4v) is 3.49. The minimum absolute atomic E-state index is 0.332. The van der Waals surface area contributed by atoms with Gasteiger partial charge in [-0.1, -0.05) is 18.2 Å². The molecule has 1 unspecified atom stereocenters. The van der Waals surface area contributed by atoms with Crippen molar-refractivity contribution in [2.45, 2.75) is 13.2 Å². The minimum atomic E-state index is -0.803. The number of anilines is 2. The van der Waals surface area contributed by atoms with Crippen LogP contribution in [0.2, 0.25) is 0 Å². The van der Waals surface area contributed by atoms with Gasteiger partial charge in [-0.15, -0.1) is 0 Å². The minimum Gasteiger partial charge on any atom is -0.494 e. The van der Waals surface area contributed by atoms with Crippen molar-refractivity contribution < 1.29 is 23.8 Å². The van der Waals surface area contributed by atoms with Crippen LogP contribution in [-0.2, 0) is 14.4 Å². The highest BCUT2D eigenvalue weighted by Gasteiger charge is 2.49. The lowest BCUT2D eigenvalue weighted by molar-refractivity contribution is -0.509. The van der Waals surface area contributed by atoms with Crippen LogP contribution < -0.4 is 15.0 Å². The molecule has 0 aliphatic carbocycles. The summed E-state index contributed by atoms with van der Waals surface area (Å²) in [5, 5.41) is 7.10. The molecule has 1 saturated heterocycles. The Morgan fingerprint density at radius 3 is 2.50 bits per heavy atom. The van der Waals surface area contributed by atoms with E-state index in [1.807, 2.05) is 42.2 Å². The maximum absolute atomic E-state index is 12.6. The maximum Gasteiger partial charge on any atom is 0.502 e. The topological polar surface area (TPSA) is 94.3 Å². The first-order chi connectivity index (χ1) is 14.6. The van der Waals surface area contributed by atoms with Gasteiger partial charge in [0, 0.05) is 29.6 Å². The lowest BCUT2D eigenvalue weighted by Gasteiger charge is -2.27. The highest BCUT2D eigenvalue weighted by Crippen LogP contribution is 2.28. The second-order valence-corrected chi connectivity index (χ2v) is 6.86. The molecule has 0 spiro atoms. The fraction of sp³-hybridized carbons (Fsp3) is 0.286. The molecule has 0 saturated carbocycles. The van der Waals surface area contributed by atoms with Gasteiger partial charge in [-0.05, 0) is 48.0 Å². The van der Waals surface area contributed by atoms with E-state index in [2.05, 4.69) is 10.4 Å². The van der Waals surface area contributed by atoms with Gasteiger partial charge >= 0.3 is 11.8 Å². The molecule has 30 heavy (non-hydrogen) atoms. The molecule has 1 fully saturated rings. The molecule has 2 aliphatic heterocycles. The van der Waals surface area contributed by atoms with Gasteiger partial charge in [0.2, 0.25) is 0 Å². The SMILES string of the molecule is CCOc1ccc(N2CCN3C(=O)C(=O)[N+](CC(=O)Nc4ccccc4)=NC32)cc1. The number of hydrogen-bond acceptors (Lipinski definition) is 6. The van der Waals surface area contributed by atoms with E-state index in [-0.39, 0.29) is 6.54 Å². The van der Waals surface area contributed by atoms with Crippen LogP contribution in [0.4, 0.5) is 11.4 Å². The van der Waals surface area contributed by atoms with Gasteiger partial charge in [0.05, 0.1) is 6.61 Å². The highest BCUT2D eigenvalue weighted by atomic mass is 16.5. The van der Waals surface area contributed by atoms with Gasteiger partial charge < -0.3 is 15.0 Å². The van der Waals surface area contributed by atoms with Crippen molar-refractivity contribution in [1.29, 1.82) is 0 Å². The zero-order valence-electron chi connectivity index (χ0n) is 16.5. The van der Waals surface area contributed by atoms with Crippen molar-refractivity contribution in [1.82, 2.24) is 4.90 Å². The van der Waals surface area contributed by atoms with Crippen molar-refractivity contribution in [3.8, 4) is 5.75 Å². The van der Waals surface area contributed by atoms with Crippen LogP contribution in [0.5, 0.6) is 5.75 Å². The molecule has 4 rings (SSSR count). The first-order valence-corrected chi connectivity index (χ1v) is 9.74. The van der Waals surface area contributed by atoms with E-state index in [4.69, 9.17) is 4.74 Å². The maximum atomic E-state index is 12.6. The zero-order chi connectivity index (χ0) is 21.1. The summed E-state index contributed by atoms with van der Waals surface area (Å²) < 4.78 is 6.42. The standard InChI is InChI=1S/C21H21N5O4/c1-2-30-17-10-8-16(9-11-17)24-12-13-25-19(28)20(29)26(23-21(24)25)14-18(27)22-15-6-4-3-5-7-15/h3-11,21H,2,12-14H2,1H3/p+1. The number of carbonyl (C=O) groups excluding carboxylic acids is 3.